The second-order valence-electron chi connectivity index (χ2n) is 12.0. The molecule has 0 aliphatic carbocycles. The van der Waals surface area contributed by atoms with Crippen molar-refractivity contribution in [2.24, 2.45) is 0 Å². The van der Waals surface area contributed by atoms with Gasteiger partial charge >= 0.3 is 0 Å². The SMILES string of the molecule is c1ccc([Si]2(c3ccccc3)c3ccccc3Sc3cc4c(cc32)[Si](c2ccccc2)(c2ccccc2)c2ccccc2S4)cc1. The zero-order chi connectivity index (χ0) is 30.6. The third-order valence-corrected chi connectivity index (χ3v) is 22.5. The first kappa shape index (κ1) is 27.9. The van der Waals surface area contributed by atoms with Gasteiger partial charge in [0.25, 0.3) is 0 Å². The maximum absolute atomic E-state index is 2.70. The highest BCUT2D eigenvalue weighted by Crippen LogP contribution is 2.39. The number of fused-ring (bicyclic) bond motifs is 4. The molecule has 46 heavy (non-hydrogen) atoms. The van der Waals surface area contributed by atoms with Gasteiger partial charge in [-0.1, -0.05) is 187 Å². The van der Waals surface area contributed by atoms with Gasteiger partial charge in [-0.2, -0.15) is 0 Å². The minimum atomic E-state index is -2.70. The van der Waals surface area contributed by atoms with Gasteiger partial charge in [-0.15, -0.1) is 0 Å². The van der Waals surface area contributed by atoms with E-state index < -0.39 is 16.1 Å². The summed E-state index contributed by atoms with van der Waals surface area (Å²) in [5, 5.41) is 11.7. The first-order chi connectivity index (χ1) is 22.8. The molecule has 0 N–H and O–H groups in total. The van der Waals surface area contributed by atoms with Crippen molar-refractivity contribution in [1.82, 2.24) is 0 Å². The molecule has 0 atom stereocenters. The van der Waals surface area contributed by atoms with Crippen LogP contribution >= 0.6 is 23.5 Å². The van der Waals surface area contributed by atoms with Crippen molar-refractivity contribution in [1.29, 1.82) is 0 Å². The molecule has 0 saturated carbocycles. The normalized spacial score (nSPS) is 15.1. The lowest BCUT2D eigenvalue weighted by Crippen LogP contribution is -2.79. The van der Waals surface area contributed by atoms with Gasteiger partial charge < -0.3 is 0 Å². The predicted molar refractivity (Wildman–Crippen MR) is 202 cm³/mol. The average Bonchev–Trinajstić information content (AvgIpc) is 3.13. The summed E-state index contributed by atoms with van der Waals surface area (Å²) in [7, 11) is -5.40. The van der Waals surface area contributed by atoms with Crippen LogP contribution in [0.15, 0.2) is 202 Å². The molecule has 0 aromatic heterocycles. The first-order valence-electron chi connectivity index (χ1n) is 15.8. The zero-order valence-electron chi connectivity index (χ0n) is 25.1. The molecular formula is C42H30S2Si2. The highest BCUT2D eigenvalue weighted by Gasteiger charge is 2.51. The minimum absolute atomic E-state index is 1.38. The standard InChI is InChI=1S/C42H30S2Si2/c1-5-17-31(18-6-1)45(32-19-7-2-8-20-32)39-27-15-13-25-35(39)43-37-29-38-42(30-41(37)45)46(33-21-9-3-10-22-33,34-23-11-4-12-24-34)40-28-16-14-26-36(40)44-38/h1-30H. The molecule has 4 heteroatoms. The topological polar surface area (TPSA) is 0 Å². The molecule has 9 rings (SSSR count). The van der Waals surface area contributed by atoms with E-state index in [4.69, 9.17) is 0 Å². The molecule has 2 aliphatic heterocycles. The summed E-state index contributed by atoms with van der Waals surface area (Å²) in [6, 6.07) is 69.3. The summed E-state index contributed by atoms with van der Waals surface area (Å²) in [5.41, 5.74) is 0. The molecule has 2 heterocycles. The smallest absolute Gasteiger partial charge is 0.0902 e. The third kappa shape index (κ3) is 4.01. The van der Waals surface area contributed by atoms with Crippen molar-refractivity contribution in [2.45, 2.75) is 19.6 Å². The Hall–Kier alpha value is -4.33. The quantitative estimate of drug-likeness (QED) is 0.234. The average molecular weight is 655 g/mol. The Bertz CT molecular complexity index is 1970. The predicted octanol–water partition coefficient (Wildman–Crippen LogP) is 5.37. The lowest BCUT2D eigenvalue weighted by molar-refractivity contribution is 1.33. The van der Waals surface area contributed by atoms with Crippen molar-refractivity contribution in [2.75, 3.05) is 0 Å². The second-order valence-corrected chi connectivity index (χ2v) is 21.6. The molecule has 7 aromatic carbocycles. The fourth-order valence-electron chi connectivity index (χ4n) is 7.90. The molecule has 218 valence electrons. The van der Waals surface area contributed by atoms with Gasteiger partial charge in [-0.3, -0.25) is 0 Å². The molecule has 0 radical (unpaired) electrons. The van der Waals surface area contributed by atoms with Crippen LogP contribution in [0.4, 0.5) is 0 Å². The van der Waals surface area contributed by atoms with E-state index in [0.717, 1.165) is 0 Å². The highest BCUT2D eigenvalue weighted by atomic mass is 32.2. The maximum atomic E-state index is 2.70. The summed E-state index contributed by atoms with van der Waals surface area (Å²) < 4.78 is 0. The van der Waals surface area contributed by atoms with Crippen molar-refractivity contribution < 1.29 is 0 Å². The van der Waals surface area contributed by atoms with Crippen LogP contribution < -0.4 is 41.5 Å². The number of benzene rings is 7. The van der Waals surface area contributed by atoms with Crippen LogP contribution in [0.3, 0.4) is 0 Å². The van der Waals surface area contributed by atoms with E-state index in [0.29, 0.717) is 0 Å². The maximum Gasteiger partial charge on any atom is 0.181 e. The van der Waals surface area contributed by atoms with Gasteiger partial charge in [0.1, 0.15) is 0 Å². The Morgan fingerprint density at radius 2 is 0.565 bits per heavy atom. The summed E-state index contributed by atoms with van der Waals surface area (Å²) in [6.07, 6.45) is 0. The van der Waals surface area contributed by atoms with Crippen LogP contribution in [0, 0.1) is 0 Å². The molecular weight excluding hydrogens is 625 g/mol. The first-order valence-corrected chi connectivity index (χ1v) is 21.4. The van der Waals surface area contributed by atoms with Crippen LogP contribution in [0.5, 0.6) is 0 Å². The molecule has 7 aromatic rings. The number of hydrogen-bond acceptors (Lipinski definition) is 2. The van der Waals surface area contributed by atoms with E-state index in [9.17, 15) is 0 Å². The highest BCUT2D eigenvalue weighted by molar-refractivity contribution is 8.01. The van der Waals surface area contributed by atoms with Gasteiger partial charge in [-0.25, -0.2) is 0 Å². The van der Waals surface area contributed by atoms with Gasteiger partial charge in [-0.05, 0) is 59.7 Å². The second kappa shape index (κ2) is 11.2. The van der Waals surface area contributed by atoms with Crippen LogP contribution in [-0.2, 0) is 0 Å². The Balaban J connectivity index is 1.46. The van der Waals surface area contributed by atoms with Crippen LogP contribution in [-0.4, -0.2) is 16.1 Å². The Morgan fingerprint density at radius 3 is 0.913 bits per heavy atom. The Kier molecular flexibility index (Phi) is 6.79. The van der Waals surface area contributed by atoms with E-state index in [1.807, 2.05) is 23.5 Å². The van der Waals surface area contributed by atoms with Gasteiger partial charge in [0, 0.05) is 19.6 Å². The largest absolute Gasteiger partial charge is 0.181 e. The molecule has 0 saturated heterocycles. The fraction of sp³-hybridized carbons (Fsp3) is 0. The van der Waals surface area contributed by atoms with Gasteiger partial charge in [0.15, 0.2) is 16.1 Å². The monoisotopic (exact) mass is 654 g/mol. The van der Waals surface area contributed by atoms with Crippen molar-refractivity contribution in [3.63, 3.8) is 0 Å². The lowest BCUT2D eigenvalue weighted by atomic mass is 10.3. The van der Waals surface area contributed by atoms with Crippen LogP contribution in [0.25, 0.3) is 0 Å². The third-order valence-electron chi connectivity index (χ3n) is 9.74. The van der Waals surface area contributed by atoms with Crippen molar-refractivity contribution in [3.05, 3.63) is 182 Å². The molecule has 2 aliphatic rings. The van der Waals surface area contributed by atoms with E-state index >= 15 is 0 Å². The van der Waals surface area contributed by atoms with Gasteiger partial charge in [0.05, 0.1) is 0 Å². The van der Waals surface area contributed by atoms with Gasteiger partial charge in [0.2, 0.25) is 0 Å². The van der Waals surface area contributed by atoms with E-state index in [2.05, 4.69) is 182 Å². The molecule has 0 unspecified atom stereocenters. The molecule has 0 nitrogen and oxygen atoms in total. The summed E-state index contributed by atoms with van der Waals surface area (Å²) in [6.45, 7) is 0. The van der Waals surface area contributed by atoms with E-state index in [1.165, 1.54) is 61.1 Å². The summed E-state index contributed by atoms with van der Waals surface area (Å²) >= 11 is 3.91. The van der Waals surface area contributed by atoms with Crippen molar-refractivity contribution in [3.8, 4) is 0 Å². The fourth-order valence-corrected chi connectivity index (χ4v) is 22.1. The summed E-state index contributed by atoms with van der Waals surface area (Å²) in [4.78, 5) is 5.55. The number of hydrogen-bond donors (Lipinski definition) is 0. The Morgan fingerprint density at radius 1 is 0.261 bits per heavy atom. The summed E-state index contributed by atoms with van der Waals surface area (Å²) in [5.74, 6) is 0. The minimum Gasteiger partial charge on any atom is -0.0902 e. The molecule has 0 fully saturated rings. The van der Waals surface area contributed by atoms with Crippen molar-refractivity contribution >= 4 is 81.2 Å². The van der Waals surface area contributed by atoms with E-state index in [-0.39, 0.29) is 0 Å². The molecule has 0 spiro atoms. The van der Waals surface area contributed by atoms with Crippen LogP contribution in [0.1, 0.15) is 0 Å². The lowest BCUT2D eigenvalue weighted by Gasteiger charge is -2.44. The Labute approximate surface area is 281 Å². The molecule has 0 amide bonds. The zero-order valence-corrected chi connectivity index (χ0v) is 28.8. The van der Waals surface area contributed by atoms with E-state index in [1.54, 1.807) is 0 Å². The molecule has 0 bridgehead atoms. The number of rotatable bonds is 4. The van der Waals surface area contributed by atoms with Crippen LogP contribution in [0.2, 0.25) is 0 Å².